The van der Waals surface area contributed by atoms with E-state index in [4.69, 9.17) is 9.47 Å². The maximum atomic E-state index is 13.6. The zero-order valence-corrected chi connectivity index (χ0v) is 19.2. The lowest BCUT2D eigenvalue weighted by Gasteiger charge is -2.38. The monoisotopic (exact) mass is 485 g/mol. The first-order valence-corrected chi connectivity index (χ1v) is 11.4. The molecule has 35 heavy (non-hydrogen) atoms. The van der Waals surface area contributed by atoms with Gasteiger partial charge >= 0.3 is 5.97 Å². The molecule has 186 valence electrons. The highest BCUT2D eigenvalue weighted by Crippen LogP contribution is 2.39. The quantitative estimate of drug-likeness (QED) is 0.402. The lowest BCUT2D eigenvalue weighted by molar-refractivity contribution is -0.270. The Morgan fingerprint density at radius 1 is 1.23 bits per heavy atom. The number of aliphatic carboxylic acids is 1. The number of carboxylic acid groups (broad SMARTS) is 1. The SMILES string of the molecule is Cc1nccn1CC1CCc2c(c3cccc(O[C@@H]4O[C@H](C(=O)O)[C@@H](O)[C@H](O)[C@H]4O)c3n2C)C1=O. The van der Waals surface area contributed by atoms with Crippen LogP contribution < -0.4 is 4.74 Å². The number of carbonyl (C=O) groups excluding carboxylic acids is 1. The zero-order valence-electron chi connectivity index (χ0n) is 19.2. The van der Waals surface area contributed by atoms with E-state index in [0.717, 1.165) is 11.5 Å². The first kappa shape index (κ1) is 23.5. The fourth-order valence-corrected chi connectivity index (χ4v) is 5.12. The van der Waals surface area contributed by atoms with Crippen molar-refractivity contribution in [3.05, 3.63) is 47.7 Å². The van der Waals surface area contributed by atoms with E-state index in [1.165, 1.54) is 0 Å². The Hall–Kier alpha value is -3.25. The van der Waals surface area contributed by atoms with Crippen LogP contribution in [-0.4, -0.2) is 77.0 Å². The highest BCUT2D eigenvalue weighted by molar-refractivity contribution is 6.12. The Bertz CT molecular complexity index is 1300. The van der Waals surface area contributed by atoms with Gasteiger partial charge in [-0.1, -0.05) is 12.1 Å². The topological polar surface area (TPSA) is 156 Å². The van der Waals surface area contributed by atoms with Gasteiger partial charge in [-0.3, -0.25) is 4.79 Å². The summed E-state index contributed by atoms with van der Waals surface area (Å²) in [4.78, 5) is 29.2. The Balaban J connectivity index is 1.49. The number of Topliss-reactive ketones (excluding diaryl/α,β-unsaturated/α-hetero) is 1. The fourth-order valence-electron chi connectivity index (χ4n) is 5.12. The van der Waals surface area contributed by atoms with Crippen molar-refractivity contribution in [1.29, 1.82) is 0 Å². The van der Waals surface area contributed by atoms with Crippen molar-refractivity contribution in [2.24, 2.45) is 13.0 Å². The summed E-state index contributed by atoms with van der Waals surface area (Å²) >= 11 is 0. The Morgan fingerprint density at radius 3 is 2.69 bits per heavy atom. The standard InChI is InChI=1S/C24H27N3O8/c1-11-25-8-9-27(11)10-12-6-7-14-16(18(12)28)13-4-3-5-15(17(13)26(14)2)34-24-21(31)19(29)20(30)22(35-24)23(32)33/h3-5,8-9,12,19-22,24,29-31H,6-7,10H2,1-2H3,(H,32,33)/t12?,19-,20-,21+,22-,24+/m0/s1. The van der Waals surface area contributed by atoms with Crippen LogP contribution in [-0.2, 0) is 29.5 Å². The van der Waals surface area contributed by atoms with Crippen LogP contribution in [0.15, 0.2) is 30.6 Å². The molecule has 11 nitrogen and oxygen atoms in total. The van der Waals surface area contributed by atoms with Crippen molar-refractivity contribution in [3.63, 3.8) is 0 Å². The van der Waals surface area contributed by atoms with Crippen LogP contribution in [0.25, 0.3) is 10.9 Å². The van der Waals surface area contributed by atoms with Gasteiger partial charge in [0, 0.05) is 48.5 Å². The third kappa shape index (κ3) is 3.80. The second-order valence-corrected chi connectivity index (χ2v) is 9.11. The molecule has 1 aromatic carbocycles. The first-order chi connectivity index (χ1) is 16.7. The molecule has 4 N–H and O–H groups in total. The van der Waals surface area contributed by atoms with Gasteiger partial charge in [-0.2, -0.15) is 0 Å². The van der Waals surface area contributed by atoms with E-state index >= 15 is 0 Å². The molecule has 1 aliphatic carbocycles. The molecule has 3 heterocycles. The summed E-state index contributed by atoms with van der Waals surface area (Å²) in [6.07, 6.45) is -3.65. The number of para-hydroxylation sites is 1. The van der Waals surface area contributed by atoms with E-state index in [9.17, 15) is 30.0 Å². The number of nitrogens with zero attached hydrogens (tertiary/aromatic N) is 3. The highest BCUT2D eigenvalue weighted by Gasteiger charge is 2.48. The molecular weight excluding hydrogens is 458 g/mol. The number of ether oxygens (including phenoxy) is 2. The molecule has 0 radical (unpaired) electrons. The van der Waals surface area contributed by atoms with Crippen molar-refractivity contribution in [2.45, 2.75) is 57.0 Å². The van der Waals surface area contributed by atoms with E-state index in [2.05, 4.69) is 4.98 Å². The second-order valence-electron chi connectivity index (χ2n) is 9.11. The van der Waals surface area contributed by atoms with Crippen LogP contribution in [0.1, 0.15) is 28.3 Å². The third-order valence-corrected chi connectivity index (χ3v) is 7.04. The predicted molar refractivity (Wildman–Crippen MR) is 121 cm³/mol. The minimum Gasteiger partial charge on any atom is -0.479 e. The van der Waals surface area contributed by atoms with Crippen molar-refractivity contribution in [1.82, 2.24) is 14.1 Å². The number of fused-ring (bicyclic) bond motifs is 3. The van der Waals surface area contributed by atoms with Crippen molar-refractivity contribution < 1.29 is 39.5 Å². The molecule has 1 unspecified atom stereocenters. The van der Waals surface area contributed by atoms with Gasteiger partial charge in [0.1, 0.15) is 29.9 Å². The molecule has 6 atom stereocenters. The summed E-state index contributed by atoms with van der Waals surface area (Å²) in [6, 6.07) is 5.14. The van der Waals surface area contributed by atoms with E-state index in [-0.39, 0.29) is 17.5 Å². The molecule has 0 amide bonds. The summed E-state index contributed by atoms with van der Waals surface area (Å²) in [5.74, 6) is -0.571. The number of benzene rings is 1. The first-order valence-electron chi connectivity index (χ1n) is 11.4. The van der Waals surface area contributed by atoms with Crippen LogP contribution in [0.5, 0.6) is 5.75 Å². The second kappa shape index (κ2) is 8.76. The van der Waals surface area contributed by atoms with Gasteiger partial charge in [0.25, 0.3) is 0 Å². The number of carbonyl (C=O) groups is 2. The highest BCUT2D eigenvalue weighted by atomic mass is 16.7. The van der Waals surface area contributed by atoms with Gasteiger partial charge in [-0.25, -0.2) is 9.78 Å². The molecule has 2 aromatic heterocycles. The smallest absolute Gasteiger partial charge is 0.335 e. The van der Waals surface area contributed by atoms with Crippen LogP contribution in [0, 0.1) is 12.8 Å². The van der Waals surface area contributed by atoms with Gasteiger partial charge in [-0.15, -0.1) is 0 Å². The molecule has 0 saturated carbocycles. The molecule has 11 heteroatoms. The number of hydrogen-bond acceptors (Lipinski definition) is 8. The average molecular weight is 485 g/mol. The van der Waals surface area contributed by atoms with Gasteiger partial charge in [0.15, 0.2) is 11.9 Å². The molecule has 2 aliphatic rings. The number of aryl methyl sites for hydroxylation is 2. The molecule has 1 aliphatic heterocycles. The summed E-state index contributed by atoms with van der Waals surface area (Å²) in [6.45, 7) is 2.43. The number of aliphatic hydroxyl groups excluding tert-OH is 3. The van der Waals surface area contributed by atoms with E-state index in [1.54, 1.807) is 18.3 Å². The Morgan fingerprint density at radius 2 is 2.00 bits per heavy atom. The lowest BCUT2D eigenvalue weighted by atomic mass is 9.85. The van der Waals surface area contributed by atoms with Gasteiger partial charge in [0.2, 0.25) is 6.29 Å². The van der Waals surface area contributed by atoms with Crippen LogP contribution in [0.2, 0.25) is 0 Å². The van der Waals surface area contributed by atoms with Crippen LogP contribution in [0.3, 0.4) is 0 Å². The molecular formula is C24H27N3O8. The van der Waals surface area contributed by atoms with Crippen LogP contribution >= 0.6 is 0 Å². The minimum atomic E-state index is -1.81. The fraction of sp³-hybridized carbons (Fsp3) is 0.458. The maximum absolute atomic E-state index is 13.6. The number of imidazole rings is 1. The largest absolute Gasteiger partial charge is 0.479 e. The number of ketones is 1. The third-order valence-electron chi connectivity index (χ3n) is 7.04. The predicted octanol–water partition coefficient (Wildman–Crippen LogP) is 0.400. The van der Waals surface area contributed by atoms with E-state index < -0.39 is 36.7 Å². The minimum absolute atomic E-state index is 0.0283. The lowest BCUT2D eigenvalue weighted by Crippen LogP contribution is -2.61. The molecule has 5 rings (SSSR count). The van der Waals surface area contributed by atoms with Gasteiger partial charge in [-0.05, 0) is 25.8 Å². The summed E-state index contributed by atoms with van der Waals surface area (Å²) in [5.41, 5.74) is 2.07. The molecule has 0 spiro atoms. The number of rotatable bonds is 5. The number of carboxylic acids is 1. The molecule has 1 saturated heterocycles. The summed E-state index contributed by atoms with van der Waals surface area (Å²) in [7, 11) is 1.82. The van der Waals surface area contributed by atoms with E-state index in [0.29, 0.717) is 35.9 Å². The average Bonchev–Trinajstić information content (AvgIpc) is 3.37. The number of aromatic nitrogens is 3. The number of hydrogen-bond donors (Lipinski definition) is 4. The number of aliphatic hydroxyl groups is 3. The summed E-state index contributed by atoms with van der Waals surface area (Å²) in [5, 5.41) is 40.4. The summed E-state index contributed by atoms with van der Waals surface area (Å²) < 4.78 is 15.0. The van der Waals surface area contributed by atoms with Gasteiger partial charge in [0.05, 0.1) is 5.52 Å². The van der Waals surface area contributed by atoms with Crippen LogP contribution in [0.4, 0.5) is 0 Å². The molecule has 0 bridgehead atoms. The maximum Gasteiger partial charge on any atom is 0.335 e. The van der Waals surface area contributed by atoms with Crippen molar-refractivity contribution in [3.8, 4) is 5.75 Å². The zero-order chi connectivity index (χ0) is 25.0. The van der Waals surface area contributed by atoms with E-state index in [1.807, 2.05) is 35.4 Å². The molecule has 1 fully saturated rings. The Labute approximate surface area is 200 Å². The molecule has 3 aromatic rings. The van der Waals surface area contributed by atoms with Gasteiger partial charge < -0.3 is 39.0 Å². The normalized spacial score (nSPS) is 28.8. The van der Waals surface area contributed by atoms with Crippen molar-refractivity contribution in [2.75, 3.05) is 0 Å². The van der Waals surface area contributed by atoms with Crippen molar-refractivity contribution >= 4 is 22.7 Å². The Kier molecular flexibility index (Phi) is 5.88.